The fraction of sp³-hybridized carbons (Fsp3) is 0.312. The Morgan fingerprint density at radius 1 is 1.26 bits per heavy atom. The van der Waals surface area contributed by atoms with E-state index in [2.05, 4.69) is 15.6 Å². The minimum Gasteiger partial charge on any atom is -0.493 e. The normalized spacial score (nSPS) is 10.8. The zero-order valence-electron chi connectivity index (χ0n) is 13.9. The van der Waals surface area contributed by atoms with Gasteiger partial charge in [0.25, 0.3) is 5.91 Å². The van der Waals surface area contributed by atoms with Crippen molar-refractivity contribution in [1.29, 1.82) is 0 Å². The van der Waals surface area contributed by atoms with Crippen LogP contribution in [0.25, 0.3) is 0 Å². The zero-order chi connectivity index (χ0) is 17.0. The Morgan fingerprint density at radius 3 is 2.52 bits per heavy atom. The molecule has 0 atom stereocenters. The third kappa shape index (κ3) is 3.50. The van der Waals surface area contributed by atoms with Crippen LogP contribution in [0.2, 0.25) is 0 Å². The van der Waals surface area contributed by atoms with Crippen molar-refractivity contribution in [2.45, 2.75) is 13.8 Å². The van der Waals surface area contributed by atoms with Gasteiger partial charge in [-0.25, -0.2) is 5.43 Å². The van der Waals surface area contributed by atoms with Crippen LogP contribution in [0.4, 0.5) is 0 Å². The molecule has 0 aliphatic rings. The van der Waals surface area contributed by atoms with Gasteiger partial charge in [-0.05, 0) is 37.6 Å². The molecule has 23 heavy (non-hydrogen) atoms. The van der Waals surface area contributed by atoms with Gasteiger partial charge in [0.15, 0.2) is 11.5 Å². The van der Waals surface area contributed by atoms with E-state index < -0.39 is 0 Å². The third-order valence-electron chi connectivity index (χ3n) is 3.52. The zero-order valence-corrected chi connectivity index (χ0v) is 13.9. The molecule has 2 rings (SSSR count). The highest BCUT2D eigenvalue weighted by Crippen LogP contribution is 2.26. The first-order valence-electron chi connectivity index (χ1n) is 7.03. The lowest BCUT2D eigenvalue weighted by molar-refractivity contribution is 0.0954. The molecule has 1 N–H and O–H groups in total. The SMILES string of the molecule is COc1ccc(/C=N\NC(=O)c2c(C)nn(C)c2C)cc1OC. The number of hydrazone groups is 1. The highest BCUT2D eigenvalue weighted by Gasteiger charge is 2.16. The Labute approximate surface area is 134 Å². The van der Waals surface area contributed by atoms with Crippen LogP contribution in [0, 0.1) is 13.8 Å². The molecule has 7 heteroatoms. The van der Waals surface area contributed by atoms with Gasteiger partial charge in [-0.2, -0.15) is 10.2 Å². The number of hydrogen-bond acceptors (Lipinski definition) is 5. The number of benzene rings is 1. The number of ether oxygens (including phenoxy) is 2. The van der Waals surface area contributed by atoms with Crippen LogP contribution in [0.1, 0.15) is 27.3 Å². The number of carbonyl (C=O) groups is 1. The molecule has 1 aromatic heterocycles. The standard InChI is InChI=1S/C16H20N4O3/c1-10-15(11(2)20(3)19-10)16(21)18-17-9-12-6-7-13(22-4)14(8-12)23-5/h6-9H,1-5H3,(H,18,21)/b17-9-. The van der Waals surface area contributed by atoms with Gasteiger partial charge in [0.05, 0.1) is 31.7 Å². The van der Waals surface area contributed by atoms with E-state index in [-0.39, 0.29) is 5.91 Å². The smallest absolute Gasteiger partial charge is 0.275 e. The number of nitrogens with one attached hydrogen (secondary N) is 1. The molecule has 122 valence electrons. The number of aryl methyl sites for hydroxylation is 2. The fourth-order valence-corrected chi connectivity index (χ4v) is 2.26. The molecule has 0 radical (unpaired) electrons. The molecule has 1 aromatic carbocycles. The lowest BCUT2D eigenvalue weighted by Gasteiger charge is -2.07. The van der Waals surface area contributed by atoms with Crippen molar-refractivity contribution in [2.24, 2.45) is 12.1 Å². The van der Waals surface area contributed by atoms with E-state index >= 15 is 0 Å². The van der Waals surface area contributed by atoms with Crippen molar-refractivity contribution in [1.82, 2.24) is 15.2 Å². The van der Waals surface area contributed by atoms with Gasteiger partial charge in [0.1, 0.15) is 0 Å². The quantitative estimate of drug-likeness (QED) is 0.674. The highest BCUT2D eigenvalue weighted by atomic mass is 16.5. The van der Waals surface area contributed by atoms with Crippen LogP contribution >= 0.6 is 0 Å². The van der Waals surface area contributed by atoms with Gasteiger partial charge in [0.2, 0.25) is 0 Å². The molecule has 0 unspecified atom stereocenters. The summed E-state index contributed by atoms with van der Waals surface area (Å²) >= 11 is 0. The van der Waals surface area contributed by atoms with Crippen LogP contribution in [0.15, 0.2) is 23.3 Å². The predicted octanol–water partition coefficient (Wildman–Crippen LogP) is 1.82. The number of nitrogens with zero attached hydrogens (tertiary/aromatic N) is 3. The fourth-order valence-electron chi connectivity index (χ4n) is 2.26. The van der Waals surface area contributed by atoms with E-state index in [0.717, 1.165) is 11.3 Å². The van der Waals surface area contributed by atoms with Crippen LogP contribution < -0.4 is 14.9 Å². The molecule has 0 aliphatic carbocycles. The summed E-state index contributed by atoms with van der Waals surface area (Å²) in [6.07, 6.45) is 1.54. The van der Waals surface area contributed by atoms with Crippen molar-refractivity contribution in [3.63, 3.8) is 0 Å². The summed E-state index contributed by atoms with van der Waals surface area (Å²) in [5.74, 6) is 0.946. The van der Waals surface area contributed by atoms with Crippen molar-refractivity contribution < 1.29 is 14.3 Å². The average Bonchev–Trinajstić information content (AvgIpc) is 2.79. The monoisotopic (exact) mass is 316 g/mol. The molecule has 0 saturated heterocycles. The number of hydrogen-bond donors (Lipinski definition) is 1. The molecule has 0 bridgehead atoms. The summed E-state index contributed by atoms with van der Waals surface area (Å²) in [5, 5.41) is 8.20. The Bertz CT molecular complexity index is 750. The largest absolute Gasteiger partial charge is 0.493 e. The predicted molar refractivity (Wildman–Crippen MR) is 87.3 cm³/mol. The van der Waals surface area contributed by atoms with Crippen LogP contribution in [-0.4, -0.2) is 36.1 Å². The molecule has 2 aromatic rings. The second-order valence-corrected chi connectivity index (χ2v) is 4.98. The molecule has 1 heterocycles. The molecule has 0 spiro atoms. The first kappa shape index (κ1) is 16.5. The number of aromatic nitrogens is 2. The molecule has 0 fully saturated rings. The first-order chi connectivity index (χ1) is 11.0. The Morgan fingerprint density at radius 2 is 1.96 bits per heavy atom. The lowest BCUT2D eigenvalue weighted by Crippen LogP contribution is -2.19. The minimum absolute atomic E-state index is 0.287. The maximum Gasteiger partial charge on any atom is 0.275 e. The summed E-state index contributed by atoms with van der Waals surface area (Å²) in [6, 6.07) is 5.37. The van der Waals surface area contributed by atoms with Crippen molar-refractivity contribution in [3.8, 4) is 11.5 Å². The van der Waals surface area contributed by atoms with Crippen LogP contribution in [0.3, 0.4) is 0 Å². The molecular weight excluding hydrogens is 296 g/mol. The van der Waals surface area contributed by atoms with Gasteiger partial charge < -0.3 is 9.47 Å². The average molecular weight is 316 g/mol. The van der Waals surface area contributed by atoms with E-state index in [0.29, 0.717) is 22.8 Å². The Hall–Kier alpha value is -2.83. The number of methoxy groups -OCH3 is 2. The second kappa shape index (κ2) is 6.95. The third-order valence-corrected chi connectivity index (χ3v) is 3.52. The second-order valence-electron chi connectivity index (χ2n) is 4.98. The van der Waals surface area contributed by atoms with Crippen LogP contribution in [0.5, 0.6) is 11.5 Å². The molecule has 7 nitrogen and oxygen atoms in total. The van der Waals surface area contributed by atoms with E-state index in [4.69, 9.17) is 9.47 Å². The number of amides is 1. The van der Waals surface area contributed by atoms with Crippen molar-refractivity contribution in [3.05, 3.63) is 40.7 Å². The molecule has 0 aliphatic heterocycles. The highest BCUT2D eigenvalue weighted by molar-refractivity contribution is 5.97. The van der Waals surface area contributed by atoms with Gasteiger partial charge in [-0.15, -0.1) is 0 Å². The summed E-state index contributed by atoms with van der Waals surface area (Å²) in [4.78, 5) is 12.2. The van der Waals surface area contributed by atoms with Crippen molar-refractivity contribution in [2.75, 3.05) is 14.2 Å². The molecule has 1 amide bonds. The van der Waals surface area contributed by atoms with E-state index in [1.54, 1.807) is 51.2 Å². The summed E-state index contributed by atoms with van der Waals surface area (Å²) in [6.45, 7) is 3.63. The molecule has 0 saturated carbocycles. The van der Waals surface area contributed by atoms with Gasteiger partial charge in [0, 0.05) is 12.7 Å². The van der Waals surface area contributed by atoms with Crippen molar-refractivity contribution >= 4 is 12.1 Å². The van der Waals surface area contributed by atoms with Gasteiger partial charge in [-0.3, -0.25) is 9.48 Å². The Balaban J connectivity index is 2.11. The number of rotatable bonds is 5. The minimum atomic E-state index is -0.287. The number of carbonyl (C=O) groups excluding carboxylic acids is 1. The van der Waals surface area contributed by atoms with Gasteiger partial charge >= 0.3 is 0 Å². The van der Waals surface area contributed by atoms with E-state index in [1.165, 1.54) is 0 Å². The summed E-state index contributed by atoms with van der Waals surface area (Å²) in [5.41, 5.74) is 5.30. The summed E-state index contributed by atoms with van der Waals surface area (Å²) in [7, 11) is 4.94. The lowest BCUT2D eigenvalue weighted by atomic mass is 10.2. The first-order valence-corrected chi connectivity index (χ1v) is 7.03. The maximum atomic E-state index is 12.2. The topological polar surface area (TPSA) is 77.7 Å². The summed E-state index contributed by atoms with van der Waals surface area (Å²) < 4.78 is 12.1. The van der Waals surface area contributed by atoms with E-state index in [9.17, 15) is 4.79 Å². The Kier molecular flexibility index (Phi) is 5.00. The van der Waals surface area contributed by atoms with Crippen LogP contribution in [-0.2, 0) is 7.05 Å². The molecular formula is C16H20N4O3. The maximum absolute atomic E-state index is 12.2. The van der Waals surface area contributed by atoms with Gasteiger partial charge in [-0.1, -0.05) is 0 Å². The van der Waals surface area contributed by atoms with E-state index in [1.807, 2.05) is 13.0 Å².